The summed E-state index contributed by atoms with van der Waals surface area (Å²) in [5, 5.41) is 43.0. The maximum Gasteiger partial charge on any atom is 0.470 e. The van der Waals surface area contributed by atoms with Crippen molar-refractivity contribution < 1.29 is 86.5 Å². The molecule has 0 aliphatic heterocycles. The highest BCUT2D eigenvalue weighted by Gasteiger charge is 2.68. The summed E-state index contributed by atoms with van der Waals surface area (Å²) in [4.78, 5) is 56.7. The number of unbranched alkanes of at least 4 members (excludes halogenated alkanes) is 3. The molecule has 0 amide bonds. The number of hydrogen-bond acceptors (Lipinski definition) is 12. The molecule has 21 heteroatoms. The van der Waals surface area contributed by atoms with Gasteiger partial charge in [0.2, 0.25) is 0 Å². The van der Waals surface area contributed by atoms with E-state index in [2.05, 4.69) is 9.05 Å². The first-order valence-electron chi connectivity index (χ1n) is 12.4. The summed E-state index contributed by atoms with van der Waals surface area (Å²) in [5.74, 6) is 0. The highest BCUT2D eigenvalue weighted by Crippen LogP contribution is 2.54. The van der Waals surface area contributed by atoms with E-state index in [1.54, 1.807) is 6.92 Å². The highest BCUT2D eigenvalue weighted by atomic mass is 31.2. The Bertz CT molecular complexity index is 890. The van der Waals surface area contributed by atoms with Gasteiger partial charge in [-0.1, -0.05) is 39.5 Å². The van der Waals surface area contributed by atoms with Crippen molar-refractivity contribution in [2.24, 2.45) is 0 Å². The molecule has 1 aliphatic rings. The van der Waals surface area contributed by atoms with Crippen molar-refractivity contribution in [3.05, 3.63) is 0 Å². The minimum Gasteiger partial charge on any atom is -0.394 e. The number of ether oxygens (including phenoxy) is 2. The van der Waals surface area contributed by atoms with Crippen LogP contribution in [0.2, 0.25) is 0 Å². The molecule has 0 aromatic rings. The van der Waals surface area contributed by atoms with Gasteiger partial charge < -0.3 is 59.3 Å². The lowest BCUT2D eigenvalue weighted by atomic mass is 9.70. The predicted octanol–water partition coefficient (Wildman–Crippen LogP) is -0.970. The third kappa shape index (κ3) is 11.6. The van der Waals surface area contributed by atoms with Crippen LogP contribution in [0, 0.1) is 0 Å². The van der Waals surface area contributed by atoms with Gasteiger partial charge in [-0.15, -0.1) is 0 Å². The maximum atomic E-state index is 12.1. The molecule has 0 aromatic carbocycles. The third-order valence-corrected chi connectivity index (χ3v) is 7.68. The van der Waals surface area contributed by atoms with Crippen molar-refractivity contribution in [1.82, 2.24) is 0 Å². The van der Waals surface area contributed by atoms with Crippen molar-refractivity contribution in [2.45, 2.75) is 101 Å². The van der Waals surface area contributed by atoms with E-state index in [1.807, 2.05) is 6.92 Å². The lowest BCUT2D eigenvalue weighted by Crippen LogP contribution is -2.76. The van der Waals surface area contributed by atoms with Crippen molar-refractivity contribution in [2.75, 3.05) is 19.8 Å². The third-order valence-electron chi connectivity index (χ3n) is 6.09. The van der Waals surface area contributed by atoms with Gasteiger partial charge in [0.1, 0.15) is 36.6 Å². The molecule has 1 saturated carbocycles. The van der Waals surface area contributed by atoms with Gasteiger partial charge in [-0.25, -0.2) is 13.7 Å². The topological polar surface area (TPSA) is 300 Å². The average molecular weight is 650 g/mol. The Kier molecular flexibility index (Phi) is 15.5. The SMILES string of the molecule is CCCCCOC[C@H](CO)OC(CCCC)[C@@]1(OP(=O)(O)O)[C@@H](O)[C@@H](O)[C@H](OP(=O)(O)O)[C@@H](OP(=O)(O)O)[C@@H]1O. The Balaban J connectivity index is 3.67. The molecule has 8 atom stereocenters. The zero-order valence-corrected chi connectivity index (χ0v) is 24.7. The van der Waals surface area contributed by atoms with Gasteiger partial charge in [-0.2, -0.15) is 0 Å². The van der Waals surface area contributed by atoms with Crippen LogP contribution >= 0.6 is 23.5 Å². The van der Waals surface area contributed by atoms with Crippen LogP contribution in [0.15, 0.2) is 0 Å². The van der Waals surface area contributed by atoms with Gasteiger partial charge in [-0.3, -0.25) is 13.6 Å². The molecule has 240 valence electrons. The smallest absolute Gasteiger partial charge is 0.394 e. The van der Waals surface area contributed by atoms with Crippen molar-refractivity contribution in [3.8, 4) is 0 Å². The van der Waals surface area contributed by atoms with Gasteiger partial charge in [0, 0.05) is 6.61 Å². The van der Waals surface area contributed by atoms with Crippen molar-refractivity contribution >= 4 is 23.5 Å². The van der Waals surface area contributed by atoms with E-state index in [1.165, 1.54) is 0 Å². The fourth-order valence-electron chi connectivity index (χ4n) is 4.39. The van der Waals surface area contributed by atoms with Gasteiger partial charge in [0.15, 0.2) is 5.60 Å². The maximum absolute atomic E-state index is 12.1. The van der Waals surface area contributed by atoms with Gasteiger partial charge in [-0.05, 0) is 12.8 Å². The summed E-state index contributed by atoms with van der Waals surface area (Å²) in [6.07, 6.45) is -13.6. The molecule has 0 radical (unpaired) electrons. The summed E-state index contributed by atoms with van der Waals surface area (Å²) >= 11 is 0. The molecular weight excluding hydrogens is 609 g/mol. The van der Waals surface area contributed by atoms with Crippen molar-refractivity contribution in [1.29, 1.82) is 0 Å². The molecule has 0 saturated heterocycles. The Morgan fingerprint density at radius 1 is 0.775 bits per heavy atom. The minimum absolute atomic E-state index is 0.175. The Hall–Kier alpha value is 0.0900. The molecule has 1 fully saturated rings. The Labute approximate surface area is 230 Å². The molecule has 1 aliphatic carbocycles. The highest BCUT2D eigenvalue weighted by molar-refractivity contribution is 7.46. The van der Waals surface area contributed by atoms with Crippen LogP contribution in [-0.2, 0) is 36.7 Å². The van der Waals surface area contributed by atoms with Gasteiger partial charge in [0.05, 0.1) is 19.3 Å². The molecule has 0 spiro atoms. The van der Waals surface area contributed by atoms with Crippen LogP contribution in [0.3, 0.4) is 0 Å². The fourth-order valence-corrected chi connectivity index (χ4v) is 6.25. The molecule has 0 bridgehead atoms. The number of aliphatic hydroxyl groups excluding tert-OH is 4. The van der Waals surface area contributed by atoms with Gasteiger partial charge >= 0.3 is 23.5 Å². The molecular formula is C19H41O18P3. The number of aliphatic hydroxyl groups is 4. The van der Waals surface area contributed by atoms with E-state index in [0.717, 1.165) is 12.8 Å². The Morgan fingerprint density at radius 3 is 1.80 bits per heavy atom. The van der Waals surface area contributed by atoms with Crippen LogP contribution in [-0.4, -0.2) is 118 Å². The van der Waals surface area contributed by atoms with Crippen LogP contribution < -0.4 is 0 Å². The first kappa shape index (κ1) is 38.1. The predicted molar refractivity (Wildman–Crippen MR) is 133 cm³/mol. The molecule has 1 rings (SSSR count). The number of hydrogen-bond donors (Lipinski definition) is 10. The lowest BCUT2D eigenvalue weighted by Gasteiger charge is -2.54. The fraction of sp³-hybridized carbons (Fsp3) is 1.00. The second-order valence-electron chi connectivity index (χ2n) is 9.29. The van der Waals surface area contributed by atoms with Crippen molar-refractivity contribution in [3.63, 3.8) is 0 Å². The molecule has 18 nitrogen and oxygen atoms in total. The second-order valence-corrected chi connectivity index (χ2v) is 12.8. The van der Waals surface area contributed by atoms with Gasteiger partial charge in [0.25, 0.3) is 0 Å². The normalized spacial score (nSPS) is 29.9. The second kappa shape index (κ2) is 16.2. The van der Waals surface area contributed by atoms with E-state index >= 15 is 0 Å². The zero-order chi connectivity index (χ0) is 30.9. The largest absolute Gasteiger partial charge is 0.470 e. The summed E-state index contributed by atoms with van der Waals surface area (Å²) in [6.45, 7) is 2.92. The van der Waals surface area contributed by atoms with E-state index in [9.17, 15) is 63.5 Å². The first-order valence-corrected chi connectivity index (χ1v) is 17.0. The van der Waals surface area contributed by atoms with Crippen LogP contribution in [0.5, 0.6) is 0 Å². The lowest BCUT2D eigenvalue weighted by molar-refractivity contribution is -0.295. The molecule has 10 N–H and O–H groups in total. The quantitative estimate of drug-likeness (QED) is 0.0594. The first-order chi connectivity index (χ1) is 18.3. The summed E-state index contributed by atoms with van der Waals surface area (Å²) in [6, 6.07) is 0. The molecule has 1 unspecified atom stereocenters. The van der Waals surface area contributed by atoms with E-state index in [-0.39, 0.29) is 26.1 Å². The zero-order valence-electron chi connectivity index (χ0n) is 22.0. The van der Waals surface area contributed by atoms with Crippen LogP contribution in [0.1, 0.15) is 52.4 Å². The summed E-state index contributed by atoms with van der Waals surface area (Å²) in [5.41, 5.74) is -3.15. The minimum atomic E-state index is -5.76. The van der Waals surface area contributed by atoms with E-state index in [0.29, 0.717) is 12.8 Å². The summed E-state index contributed by atoms with van der Waals surface area (Å²) < 4.78 is 60.2. The van der Waals surface area contributed by atoms with Crippen LogP contribution in [0.4, 0.5) is 0 Å². The molecule has 0 heterocycles. The van der Waals surface area contributed by atoms with E-state index in [4.69, 9.17) is 14.0 Å². The average Bonchev–Trinajstić information content (AvgIpc) is 2.82. The number of phosphoric acid groups is 3. The monoisotopic (exact) mass is 650 g/mol. The number of phosphoric ester groups is 3. The summed E-state index contributed by atoms with van der Waals surface area (Å²) in [7, 11) is -17.0. The van der Waals surface area contributed by atoms with Crippen LogP contribution in [0.25, 0.3) is 0 Å². The Morgan fingerprint density at radius 2 is 1.32 bits per heavy atom. The molecule has 40 heavy (non-hydrogen) atoms. The van der Waals surface area contributed by atoms with E-state index < -0.39 is 78.4 Å². The number of rotatable bonds is 19. The standard InChI is InChI=1S/C19H41O18P3/c1-3-5-7-9-33-11-12(10-20)34-13(8-6-4-2)19(37-40(30,31)32)17(22)14(21)15(35-38(24,25)26)16(18(19)23)36-39(27,28)29/h12-18,20-23H,3-11H2,1-2H3,(H2,24,25,26)(H2,27,28,29)(H2,30,31,32)/t12-,13?,14-,15-,16+,17-,18-,19+/m0/s1. The molecule has 0 aromatic heterocycles.